The zero-order valence-corrected chi connectivity index (χ0v) is 12.2. The number of nitro benzene ring substituents is 1. The topological polar surface area (TPSA) is 67.2 Å². The summed E-state index contributed by atoms with van der Waals surface area (Å²) in [6, 6.07) is 5.44. The van der Waals surface area contributed by atoms with Crippen LogP contribution in [0.5, 0.6) is 0 Å². The number of nitro groups is 1. The number of non-ortho nitro benzene ring substituents is 1. The normalized spacial score (nSPS) is 17.5. The number of rotatable bonds is 5. The maximum atomic E-state index is 11.0. The first kappa shape index (κ1) is 14.6. The molecule has 20 heavy (non-hydrogen) atoms. The van der Waals surface area contributed by atoms with Crippen LogP contribution in [0.4, 0.5) is 17.1 Å². The van der Waals surface area contributed by atoms with Gasteiger partial charge >= 0.3 is 0 Å². The van der Waals surface area contributed by atoms with Crippen molar-refractivity contribution in [2.24, 2.45) is 5.92 Å². The molecule has 0 spiro atoms. The van der Waals surface area contributed by atoms with Crippen molar-refractivity contribution in [3.8, 4) is 0 Å². The quantitative estimate of drug-likeness (QED) is 0.630. The number of nitrogens with zero attached hydrogens (tertiary/aromatic N) is 1. The molecule has 1 aromatic carbocycles. The van der Waals surface area contributed by atoms with Crippen LogP contribution in [-0.2, 0) is 0 Å². The van der Waals surface area contributed by atoms with Crippen molar-refractivity contribution in [3.05, 3.63) is 28.3 Å². The number of hydrogen-bond donors (Lipinski definition) is 2. The first-order valence-electron chi connectivity index (χ1n) is 7.34. The lowest BCUT2D eigenvalue weighted by atomic mass is 9.84. The predicted molar refractivity (Wildman–Crippen MR) is 82.3 cm³/mol. The Kier molecular flexibility index (Phi) is 4.82. The molecule has 5 nitrogen and oxygen atoms in total. The van der Waals surface area contributed by atoms with Crippen LogP contribution >= 0.6 is 0 Å². The minimum Gasteiger partial charge on any atom is -0.388 e. The molecule has 1 aliphatic carbocycles. The molecule has 0 amide bonds. The predicted octanol–water partition coefficient (Wildman–Crippen LogP) is 4.02. The number of benzene rings is 1. The summed E-state index contributed by atoms with van der Waals surface area (Å²) in [5.41, 5.74) is 1.70. The molecule has 0 aliphatic heterocycles. The second-order valence-electron chi connectivity index (χ2n) is 5.61. The molecule has 1 saturated carbocycles. The van der Waals surface area contributed by atoms with Crippen molar-refractivity contribution in [2.45, 2.75) is 45.1 Å². The van der Waals surface area contributed by atoms with Crippen LogP contribution in [0, 0.1) is 16.0 Å². The van der Waals surface area contributed by atoms with E-state index in [0.717, 1.165) is 11.4 Å². The largest absolute Gasteiger partial charge is 0.388 e. The van der Waals surface area contributed by atoms with Gasteiger partial charge in [-0.1, -0.05) is 19.3 Å². The molecule has 0 heterocycles. The molecule has 1 atom stereocenters. The third-order valence-corrected chi connectivity index (χ3v) is 4.17. The van der Waals surface area contributed by atoms with Gasteiger partial charge in [0, 0.05) is 36.6 Å². The van der Waals surface area contributed by atoms with Gasteiger partial charge in [0.15, 0.2) is 0 Å². The zero-order valence-electron chi connectivity index (χ0n) is 12.2. The van der Waals surface area contributed by atoms with E-state index in [1.54, 1.807) is 19.2 Å². The molecule has 0 radical (unpaired) electrons. The van der Waals surface area contributed by atoms with Crippen LogP contribution in [0.1, 0.15) is 39.0 Å². The Bertz CT molecular complexity index is 470. The van der Waals surface area contributed by atoms with Crippen LogP contribution in [0.15, 0.2) is 18.2 Å². The lowest BCUT2D eigenvalue weighted by Gasteiger charge is -2.29. The molecule has 5 heteroatoms. The Morgan fingerprint density at radius 2 is 1.85 bits per heavy atom. The van der Waals surface area contributed by atoms with Gasteiger partial charge in [-0.3, -0.25) is 10.1 Å². The molecule has 0 saturated heterocycles. The van der Waals surface area contributed by atoms with Crippen molar-refractivity contribution in [2.75, 3.05) is 17.7 Å². The monoisotopic (exact) mass is 277 g/mol. The first-order valence-corrected chi connectivity index (χ1v) is 7.34. The van der Waals surface area contributed by atoms with Gasteiger partial charge in [0.25, 0.3) is 5.69 Å². The fraction of sp³-hybridized carbons (Fsp3) is 0.600. The Hall–Kier alpha value is -1.78. The summed E-state index contributed by atoms with van der Waals surface area (Å²) < 4.78 is 0. The Morgan fingerprint density at radius 3 is 2.45 bits per heavy atom. The lowest BCUT2D eigenvalue weighted by molar-refractivity contribution is -0.384. The maximum absolute atomic E-state index is 11.0. The summed E-state index contributed by atoms with van der Waals surface area (Å²) >= 11 is 0. The van der Waals surface area contributed by atoms with Gasteiger partial charge in [0.2, 0.25) is 0 Å². The van der Waals surface area contributed by atoms with E-state index in [4.69, 9.17) is 0 Å². The highest BCUT2D eigenvalue weighted by Gasteiger charge is 2.20. The fourth-order valence-corrected chi connectivity index (χ4v) is 2.96. The van der Waals surface area contributed by atoms with Crippen molar-refractivity contribution in [1.82, 2.24) is 0 Å². The van der Waals surface area contributed by atoms with E-state index in [1.807, 2.05) is 6.07 Å². The highest BCUT2D eigenvalue weighted by molar-refractivity contribution is 5.63. The Morgan fingerprint density at radius 1 is 1.20 bits per heavy atom. The van der Waals surface area contributed by atoms with Gasteiger partial charge in [-0.15, -0.1) is 0 Å². The minimum atomic E-state index is -0.350. The van der Waals surface area contributed by atoms with Gasteiger partial charge in [-0.05, 0) is 31.7 Å². The Labute approximate surface area is 119 Å². The molecular formula is C15H23N3O2. The van der Waals surface area contributed by atoms with E-state index in [9.17, 15) is 10.1 Å². The van der Waals surface area contributed by atoms with Crippen molar-refractivity contribution >= 4 is 17.1 Å². The van der Waals surface area contributed by atoms with Gasteiger partial charge in [-0.2, -0.15) is 0 Å². The summed E-state index contributed by atoms with van der Waals surface area (Å²) in [5, 5.41) is 17.4. The van der Waals surface area contributed by atoms with E-state index in [2.05, 4.69) is 17.6 Å². The average Bonchev–Trinajstić information content (AvgIpc) is 2.47. The Balaban J connectivity index is 2.11. The molecule has 1 fully saturated rings. The van der Waals surface area contributed by atoms with E-state index >= 15 is 0 Å². The second-order valence-corrected chi connectivity index (χ2v) is 5.61. The molecule has 2 rings (SSSR count). The van der Waals surface area contributed by atoms with E-state index in [1.165, 1.54) is 32.1 Å². The smallest absolute Gasteiger partial charge is 0.273 e. The fourth-order valence-electron chi connectivity index (χ4n) is 2.96. The standard InChI is InChI=1S/C15H23N3O2/c1-11(12-6-4-3-5-7-12)17-14-8-13(16-2)9-15(10-14)18(19)20/h8-12,16-17H,3-7H2,1-2H3. The van der Waals surface area contributed by atoms with Gasteiger partial charge in [0.1, 0.15) is 0 Å². The van der Waals surface area contributed by atoms with Crippen molar-refractivity contribution in [3.63, 3.8) is 0 Å². The van der Waals surface area contributed by atoms with Crippen LogP contribution in [0.3, 0.4) is 0 Å². The highest BCUT2D eigenvalue weighted by atomic mass is 16.6. The van der Waals surface area contributed by atoms with Crippen LogP contribution in [0.25, 0.3) is 0 Å². The zero-order chi connectivity index (χ0) is 14.5. The second kappa shape index (κ2) is 6.59. The summed E-state index contributed by atoms with van der Waals surface area (Å²) in [7, 11) is 1.77. The van der Waals surface area contributed by atoms with Gasteiger partial charge in [0.05, 0.1) is 4.92 Å². The number of anilines is 2. The molecule has 1 aromatic rings. The number of nitrogens with one attached hydrogen (secondary N) is 2. The molecule has 2 N–H and O–H groups in total. The lowest BCUT2D eigenvalue weighted by Crippen LogP contribution is -2.27. The van der Waals surface area contributed by atoms with Crippen LogP contribution in [-0.4, -0.2) is 18.0 Å². The molecule has 1 unspecified atom stereocenters. The SMILES string of the molecule is CNc1cc(NC(C)C2CCCCC2)cc([N+](=O)[O-])c1. The summed E-state index contributed by atoms with van der Waals surface area (Å²) in [5.74, 6) is 0.668. The van der Waals surface area contributed by atoms with Crippen LogP contribution < -0.4 is 10.6 Å². The summed E-state index contributed by atoms with van der Waals surface area (Å²) in [4.78, 5) is 10.6. The van der Waals surface area contributed by atoms with Gasteiger partial charge in [-0.25, -0.2) is 0 Å². The van der Waals surface area contributed by atoms with E-state index < -0.39 is 0 Å². The molecule has 1 aliphatic rings. The van der Waals surface area contributed by atoms with Crippen LogP contribution in [0.2, 0.25) is 0 Å². The summed E-state index contributed by atoms with van der Waals surface area (Å²) in [6.45, 7) is 2.17. The summed E-state index contributed by atoms with van der Waals surface area (Å²) in [6.07, 6.45) is 6.44. The van der Waals surface area contributed by atoms with E-state index in [-0.39, 0.29) is 10.6 Å². The molecule has 110 valence electrons. The highest BCUT2D eigenvalue weighted by Crippen LogP contribution is 2.30. The number of hydrogen-bond acceptors (Lipinski definition) is 4. The third kappa shape index (κ3) is 3.62. The van der Waals surface area contributed by atoms with Gasteiger partial charge < -0.3 is 10.6 Å². The minimum absolute atomic E-state index is 0.121. The third-order valence-electron chi connectivity index (χ3n) is 4.17. The van der Waals surface area contributed by atoms with Crippen molar-refractivity contribution < 1.29 is 4.92 Å². The maximum Gasteiger partial charge on any atom is 0.273 e. The first-order chi connectivity index (χ1) is 9.60. The van der Waals surface area contributed by atoms with Crippen molar-refractivity contribution in [1.29, 1.82) is 0 Å². The molecule has 0 bridgehead atoms. The molecular weight excluding hydrogens is 254 g/mol. The molecule has 0 aromatic heterocycles. The average molecular weight is 277 g/mol. The van der Waals surface area contributed by atoms with E-state index in [0.29, 0.717) is 12.0 Å².